The molecular formula is C9H10FO2-. The van der Waals surface area contributed by atoms with Gasteiger partial charge < -0.3 is 9.47 Å². The van der Waals surface area contributed by atoms with Gasteiger partial charge in [-0.05, 0) is 0 Å². The van der Waals surface area contributed by atoms with Crippen LogP contribution in [0.5, 0.6) is 0 Å². The highest BCUT2D eigenvalue weighted by Crippen LogP contribution is 2.15. The summed E-state index contributed by atoms with van der Waals surface area (Å²) in [6.45, 7) is 0. The number of benzene rings is 1. The Labute approximate surface area is 70.9 Å². The molecule has 2 nitrogen and oxygen atoms in total. The van der Waals surface area contributed by atoms with Gasteiger partial charge in [0, 0.05) is 14.2 Å². The highest BCUT2D eigenvalue weighted by atomic mass is 19.1. The summed E-state index contributed by atoms with van der Waals surface area (Å²) in [5.41, 5.74) is 0.724. The van der Waals surface area contributed by atoms with Crippen molar-refractivity contribution in [2.45, 2.75) is 0 Å². The van der Waals surface area contributed by atoms with E-state index in [0.29, 0.717) is 6.29 Å². The zero-order valence-electron chi connectivity index (χ0n) is 7.00. The third-order valence-electron chi connectivity index (χ3n) is 1.45. The van der Waals surface area contributed by atoms with E-state index in [9.17, 15) is 4.39 Å². The maximum Gasteiger partial charge on any atom is 0.0987 e. The molecule has 1 rings (SSSR count). The summed E-state index contributed by atoms with van der Waals surface area (Å²) in [5, 5.41) is 0. The van der Waals surface area contributed by atoms with E-state index in [-0.39, 0.29) is 5.82 Å². The van der Waals surface area contributed by atoms with Gasteiger partial charge in [0.05, 0.1) is 12.1 Å². The van der Waals surface area contributed by atoms with E-state index >= 15 is 0 Å². The lowest BCUT2D eigenvalue weighted by Gasteiger charge is -2.20. The van der Waals surface area contributed by atoms with Crippen LogP contribution in [-0.4, -0.2) is 14.2 Å². The topological polar surface area (TPSA) is 18.5 Å². The molecule has 0 unspecified atom stereocenters. The Morgan fingerprint density at radius 3 is 2.00 bits per heavy atom. The number of methoxy groups -OCH3 is 2. The van der Waals surface area contributed by atoms with Crippen LogP contribution in [-0.2, 0) is 9.47 Å². The van der Waals surface area contributed by atoms with E-state index in [1.54, 1.807) is 12.1 Å². The van der Waals surface area contributed by atoms with Crippen LogP contribution < -0.4 is 0 Å². The number of hydrogen-bond acceptors (Lipinski definition) is 2. The molecule has 0 bridgehead atoms. The predicted octanol–water partition coefficient (Wildman–Crippen LogP) is 1.96. The van der Waals surface area contributed by atoms with Crippen molar-refractivity contribution in [2.75, 3.05) is 14.2 Å². The van der Waals surface area contributed by atoms with Crippen molar-refractivity contribution >= 4 is 0 Å². The molecule has 0 spiro atoms. The SMILES string of the molecule is CO[C-](OC)c1ccc(F)cc1. The first-order chi connectivity index (χ1) is 5.77. The highest BCUT2D eigenvalue weighted by Gasteiger charge is 1.98. The molecule has 66 valence electrons. The second kappa shape index (κ2) is 4.09. The average molecular weight is 169 g/mol. The third-order valence-corrected chi connectivity index (χ3v) is 1.45. The van der Waals surface area contributed by atoms with Crippen LogP contribution in [0.25, 0.3) is 0 Å². The van der Waals surface area contributed by atoms with Crippen LogP contribution in [0.4, 0.5) is 4.39 Å². The number of ether oxygens (including phenoxy) is 2. The van der Waals surface area contributed by atoms with Crippen LogP contribution in [0.15, 0.2) is 24.3 Å². The molecule has 1 aromatic carbocycles. The summed E-state index contributed by atoms with van der Waals surface area (Å²) in [6, 6.07) is 5.90. The molecule has 12 heavy (non-hydrogen) atoms. The zero-order valence-corrected chi connectivity index (χ0v) is 7.00. The van der Waals surface area contributed by atoms with Gasteiger partial charge in [-0.15, -0.1) is 5.56 Å². The fourth-order valence-electron chi connectivity index (χ4n) is 0.905. The number of rotatable bonds is 3. The van der Waals surface area contributed by atoms with Crippen molar-refractivity contribution in [1.29, 1.82) is 0 Å². The van der Waals surface area contributed by atoms with Gasteiger partial charge in [-0.1, -0.05) is 12.1 Å². The third kappa shape index (κ3) is 1.96. The normalized spacial score (nSPS) is 9.92. The summed E-state index contributed by atoms with van der Waals surface area (Å²) < 4.78 is 22.3. The standard InChI is InChI=1S/C9H10FO2/c1-11-9(12-2)7-3-5-8(10)6-4-7/h3-6H,1-2H3/q-1. The zero-order chi connectivity index (χ0) is 8.97. The maximum absolute atomic E-state index is 12.5. The Balaban J connectivity index is 2.80. The Morgan fingerprint density at radius 2 is 1.58 bits per heavy atom. The van der Waals surface area contributed by atoms with Gasteiger partial charge in [-0.3, -0.25) is 0 Å². The summed E-state index contributed by atoms with van der Waals surface area (Å²) in [4.78, 5) is 0. The molecule has 0 N–H and O–H groups in total. The second-order valence-electron chi connectivity index (χ2n) is 2.20. The van der Waals surface area contributed by atoms with E-state index in [0.717, 1.165) is 5.56 Å². The number of halogens is 1. The van der Waals surface area contributed by atoms with Crippen LogP contribution in [0, 0.1) is 12.1 Å². The van der Waals surface area contributed by atoms with Gasteiger partial charge in [0.2, 0.25) is 0 Å². The molecule has 1 aromatic rings. The van der Waals surface area contributed by atoms with Crippen molar-refractivity contribution in [1.82, 2.24) is 0 Å². The van der Waals surface area contributed by atoms with Crippen LogP contribution >= 0.6 is 0 Å². The molecule has 0 aliphatic carbocycles. The molecule has 0 aliphatic heterocycles. The average Bonchev–Trinajstić information content (AvgIpc) is 2.10. The van der Waals surface area contributed by atoms with Crippen LogP contribution in [0.3, 0.4) is 0 Å². The fraction of sp³-hybridized carbons (Fsp3) is 0.222. The van der Waals surface area contributed by atoms with E-state index < -0.39 is 0 Å². The van der Waals surface area contributed by atoms with E-state index in [4.69, 9.17) is 9.47 Å². The minimum Gasteiger partial charge on any atom is -0.388 e. The molecule has 0 fully saturated rings. The summed E-state index contributed by atoms with van der Waals surface area (Å²) in [5.74, 6) is -0.273. The van der Waals surface area contributed by atoms with Crippen molar-refractivity contribution in [3.8, 4) is 0 Å². The van der Waals surface area contributed by atoms with Gasteiger partial charge in [0.25, 0.3) is 0 Å². The van der Waals surface area contributed by atoms with Crippen molar-refractivity contribution in [3.63, 3.8) is 0 Å². The summed E-state index contributed by atoms with van der Waals surface area (Å²) >= 11 is 0. The Kier molecular flexibility index (Phi) is 3.08. The molecule has 0 saturated carbocycles. The largest absolute Gasteiger partial charge is 0.388 e. The first-order valence-corrected chi connectivity index (χ1v) is 3.49. The van der Waals surface area contributed by atoms with Crippen molar-refractivity contribution in [2.24, 2.45) is 0 Å². The van der Waals surface area contributed by atoms with Gasteiger partial charge in [0.15, 0.2) is 0 Å². The lowest BCUT2D eigenvalue weighted by Crippen LogP contribution is -2.04. The summed E-state index contributed by atoms with van der Waals surface area (Å²) in [6.07, 6.45) is 0.384. The van der Waals surface area contributed by atoms with Crippen molar-refractivity contribution in [3.05, 3.63) is 41.9 Å². The Bertz CT molecular complexity index is 229. The van der Waals surface area contributed by atoms with Crippen molar-refractivity contribution < 1.29 is 13.9 Å². The first kappa shape index (κ1) is 9.03. The van der Waals surface area contributed by atoms with Gasteiger partial charge in [-0.2, -0.15) is 12.1 Å². The molecule has 0 aliphatic rings. The smallest absolute Gasteiger partial charge is 0.0987 e. The minimum absolute atomic E-state index is 0.273. The van der Waals surface area contributed by atoms with Crippen LogP contribution in [0.2, 0.25) is 0 Å². The molecule has 0 aromatic heterocycles. The van der Waals surface area contributed by atoms with Gasteiger partial charge >= 0.3 is 0 Å². The molecule has 0 heterocycles. The minimum atomic E-state index is -0.273. The lowest BCUT2D eigenvalue weighted by molar-refractivity contribution is 0.0269. The second-order valence-corrected chi connectivity index (χ2v) is 2.20. The van der Waals surface area contributed by atoms with Gasteiger partial charge in [-0.25, -0.2) is 4.39 Å². The molecule has 0 amide bonds. The lowest BCUT2D eigenvalue weighted by atomic mass is 10.2. The van der Waals surface area contributed by atoms with E-state index in [1.807, 2.05) is 0 Å². The van der Waals surface area contributed by atoms with Gasteiger partial charge in [0.1, 0.15) is 0 Å². The number of hydrogen-bond donors (Lipinski definition) is 0. The molecule has 3 heteroatoms. The molecule has 0 saturated heterocycles. The predicted molar refractivity (Wildman–Crippen MR) is 42.8 cm³/mol. The Morgan fingerprint density at radius 1 is 1.08 bits per heavy atom. The fourth-order valence-corrected chi connectivity index (χ4v) is 0.905. The van der Waals surface area contributed by atoms with E-state index in [2.05, 4.69) is 0 Å². The quantitative estimate of drug-likeness (QED) is 0.644. The first-order valence-electron chi connectivity index (χ1n) is 3.49. The monoisotopic (exact) mass is 169 g/mol. The van der Waals surface area contributed by atoms with Crippen LogP contribution in [0.1, 0.15) is 5.56 Å². The highest BCUT2D eigenvalue weighted by molar-refractivity contribution is 5.24. The molecule has 0 atom stereocenters. The summed E-state index contributed by atoms with van der Waals surface area (Å²) in [7, 11) is 3.00. The maximum atomic E-state index is 12.5. The van der Waals surface area contributed by atoms with E-state index in [1.165, 1.54) is 26.4 Å². The molecule has 0 radical (unpaired) electrons. The molecular weight excluding hydrogens is 159 g/mol. The Hall–Kier alpha value is -1.06.